The maximum absolute atomic E-state index is 13.5. The van der Waals surface area contributed by atoms with Gasteiger partial charge in [-0.25, -0.2) is 12.8 Å². The number of carbonyl (C=O) groups is 2. The van der Waals surface area contributed by atoms with Gasteiger partial charge in [-0.15, -0.1) is 0 Å². The Hall–Kier alpha value is -2.78. The van der Waals surface area contributed by atoms with Crippen molar-refractivity contribution in [1.29, 1.82) is 0 Å². The van der Waals surface area contributed by atoms with Gasteiger partial charge in [-0.05, 0) is 73.6 Å². The van der Waals surface area contributed by atoms with Crippen molar-refractivity contribution in [3.63, 3.8) is 0 Å². The van der Waals surface area contributed by atoms with Crippen LogP contribution in [0.1, 0.15) is 38.2 Å². The summed E-state index contributed by atoms with van der Waals surface area (Å²) in [5, 5.41) is 11.8. The van der Waals surface area contributed by atoms with Gasteiger partial charge in [-0.1, -0.05) is 12.1 Å². The highest BCUT2D eigenvalue weighted by molar-refractivity contribution is 7.89. The normalized spacial score (nSPS) is 19.0. The van der Waals surface area contributed by atoms with Crippen LogP contribution >= 0.6 is 0 Å². The van der Waals surface area contributed by atoms with Crippen LogP contribution in [-0.4, -0.2) is 36.3 Å². The van der Waals surface area contributed by atoms with Crippen LogP contribution in [0.4, 0.5) is 10.1 Å². The number of halogens is 1. The highest BCUT2D eigenvalue weighted by Crippen LogP contribution is 2.31. The minimum Gasteiger partial charge on any atom is -0.481 e. The fourth-order valence-electron chi connectivity index (χ4n) is 3.98. The predicted octanol–water partition coefficient (Wildman–Crippen LogP) is 3.87. The number of carboxylic acids is 1. The molecule has 3 rings (SSSR count). The third-order valence-corrected chi connectivity index (χ3v) is 7.57. The molecule has 0 radical (unpaired) electrons. The average molecular weight is 463 g/mol. The Kier molecular flexibility index (Phi) is 7.63. The van der Waals surface area contributed by atoms with Crippen molar-refractivity contribution in [3.8, 4) is 0 Å². The Morgan fingerprint density at radius 3 is 2.16 bits per heavy atom. The van der Waals surface area contributed by atoms with Crippen LogP contribution in [-0.2, 0) is 26.2 Å². The summed E-state index contributed by atoms with van der Waals surface area (Å²) in [4.78, 5) is 22.5. The van der Waals surface area contributed by atoms with Gasteiger partial charge in [-0.3, -0.25) is 9.59 Å². The SMILES string of the molecule is CC(=O)Nc1ccc(S(=O)(=O)N(Cc2ccc(F)cc2)CC2CCC(C(=O)O)CC2)cc1. The third kappa shape index (κ3) is 6.14. The van der Waals surface area contributed by atoms with E-state index in [4.69, 9.17) is 0 Å². The molecule has 1 aliphatic rings. The van der Waals surface area contributed by atoms with Crippen LogP contribution in [0.3, 0.4) is 0 Å². The number of rotatable bonds is 8. The molecule has 1 aliphatic carbocycles. The van der Waals surface area contributed by atoms with Crippen molar-refractivity contribution in [2.24, 2.45) is 11.8 Å². The minimum atomic E-state index is -3.87. The number of benzene rings is 2. The van der Waals surface area contributed by atoms with Gasteiger partial charge in [0.15, 0.2) is 0 Å². The molecule has 2 aromatic rings. The molecule has 0 unspecified atom stereocenters. The highest BCUT2D eigenvalue weighted by Gasteiger charge is 2.31. The molecule has 0 aliphatic heterocycles. The van der Waals surface area contributed by atoms with E-state index in [1.807, 2.05) is 0 Å². The summed E-state index contributed by atoms with van der Waals surface area (Å²) in [7, 11) is -3.87. The second-order valence-electron chi connectivity index (χ2n) is 8.19. The smallest absolute Gasteiger partial charge is 0.306 e. The number of hydrogen-bond acceptors (Lipinski definition) is 4. The van der Waals surface area contributed by atoms with Crippen molar-refractivity contribution in [2.75, 3.05) is 11.9 Å². The van der Waals surface area contributed by atoms with Crippen LogP contribution in [0.25, 0.3) is 0 Å². The quantitative estimate of drug-likeness (QED) is 0.620. The fraction of sp³-hybridized carbons (Fsp3) is 0.391. The van der Waals surface area contributed by atoms with Gasteiger partial charge in [0.25, 0.3) is 0 Å². The van der Waals surface area contributed by atoms with Crippen LogP contribution < -0.4 is 5.32 Å². The molecule has 0 aromatic heterocycles. The van der Waals surface area contributed by atoms with Gasteiger partial charge >= 0.3 is 5.97 Å². The summed E-state index contributed by atoms with van der Waals surface area (Å²) in [6.45, 7) is 1.70. The highest BCUT2D eigenvalue weighted by atomic mass is 32.2. The zero-order chi connectivity index (χ0) is 23.3. The van der Waals surface area contributed by atoms with Crippen LogP contribution in [0.5, 0.6) is 0 Å². The molecule has 1 amide bonds. The van der Waals surface area contributed by atoms with Gasteiger partial charge < -0.3 is 10.4 Å². The molecule has 1 saturated carbocycles. The lowest BCUT2D eigenvalue weighted by Crippen LogP contribution is -2.36. The van der Waals surface area contributed by atoms with Gasteiger partial charge in [0.2, 0.25) is 15.9 Å². The van der Waals surface area contributed by atoms with Crippen LogP contribution in [0.15, 0.2) is 53.4 Å². The fourth-order valence-corrected chi connectivity index (χ4v) is 5.49. The third-order valence-electron chi connectivity index (χ3n) is 5.74. The van der Waals surface area contributed by atoms with Gasteiger partial charge in [-0.2, -0.15) is 4.31 Å². The summed E-state index contributed by atoms with van der Waals surface area (Å²) < 4.78 is 41.6. The first-order valence-corrected chi connectivity index (χ1v) is 11.9. The lowest BCUT2D eigenvalue weighted by atomic mass is 9.82. The maximum atomic E-state index is 13.5. The number of hydrogen-bond donors (Lipinski definition) is 2. The largest absolute Gasteiger partial charge is 0.481 e. The summed E-state index contributed by atoms with van der Waals surface area (Å²) in [6, 6.07) is 11.6. The topological polar surface area (TPSA) is 104 Å². The molecule has 172 valence electrons. The van der Waals surface area contributed by atoms with Crippen LogP contribution in [0.2, 0.25) is 0 Å². The van der Waals surface area contributed by atoms with E-state index in [1.54, 1.807) is 12.1 Å². The van der Waals surface area contributed by atoms with E-state index in [9.17, 15) is 27.5 Å². The molecule has 7 nitrogen and oxygen atoms in total. The predicted molar refractivity (Wildman–Crippen MR) is 118 cm³/mol. The number of carbonyl (C=O) groups excluding carboxylic acids is 1. The summed E-state index contributed by atoms with van der Waals surface area (Å²) in [5.41, 5.74) is 1.15. The molecule has 32 heavy (non-hydrogen) atoms. The average Bonchev–Trinajstić information content (AvgIpc) is 2.75. The van der Waals surface area contributed by atoms with E-state index in [0.717, 1.165) is 0 Å². The second-order valence-corrected chi connectivity index (χ2v) is 10.1. The number of sulfonamides is 1. The first kappa shape index (κ1) is 23.9. The second kappa shape index (κ2) is 10.2. The first-order chi connectivity index (χ1) is 15.1. The lowest BCUT2D eigenvalue weighted by Gasteiger charge is -2.31. The van der Waals surface area contributed by atoms with Crippen molar-refractivity contribution in [1.82, 2.24) is 4.31 Å². The number of nitrogens with zero attached hydrogens (tertiary/aromatic N) is 1. The number of amides is 1. The van der Waals surface area contributed by atoms with Gasteiger partial charge in [0.05, 0.1) is 10.8 Å². The number of carboxylic acid groups (broad SMARTS) is 1. The lowest BCUT2D eigenvalue weighted by molar-refractivity contribution is -0.143. The molecule has 1 fully saturated rings. The van der Waals surface area contributed by atoms with E-state index < -0.39 is 21.8 Å². The number of anilines is 1. The Balaban J connectivity index is 1.82. The molecule has 0 atom stereocenters. The van der Waals surface area contributed by atoms with Crippen molar-refractivity contribution in [2.45, 2.75) is 44.0 Å². The Bertz CT molecular complexity index is 1050. The van der Waals surface area contributed by atoms with Gasteiger partial charge in [0, 0.05) is 25.7 Å². The van der Waals surface area contributed by atoms with Gasteiger partial charge in [0.1, 0.15) is 5.82 Å². The van der Waals surface area contributed by atoms with Crippen molar-refractivity contribution < 1.29 is 27.5 Å². The molecule has 0 spiro atoms. The zero-order valence-electron chi connectivity index (χ0n) is 17.8. The Morgan fingerprint density at radius 1 is 1.03 bits per heavy atom. The summed E-state index contributed by atoms with van der Waals surface area (Å²) in [6.07, 6.45) is 2.31. The first-order valence-electron chi connectivity index (χ1n) is 10.5. The molecular weight excluding hydrogens is 435 g/mol. The Morgan fingerprint density at radius 2 is 1.62 bits per heavy atom. The van der Waals surface area contributed by atoms with E-state index in [1.165, 1.54) is 47.6 Å². The van der Waals surface area contributed by atoms with Crippen LogP contribution in [0, 0.1) is 17.7 Å². The minimum absolute atomic E-state index is 0.0412. The van der Waals surface area contributed by atoms with Crippen molar-refractivity contribution in [3.05, 3.63) is 59.9 Å². The zero-order valence-corrected chi connectivity index (χ0v) is 18.6. The van der Waals surface area contributed by atoms with E-state index >= 15 is 0 Å². The molecule has 0 saturated heterocycles. The summed E-state index contributed by atoms with van der Waals surface area (Å²) >= 11 is 0. The molecule has 0 bridgehead atoms. The van der Waals surface area contributed by atoms with E-state index in [0.29, 0.717) is 36.9 Å². The monoisotopic (exact) mass is 462 g/mol. The molecule has 9 heteroatoms. The Labute approximate surface area is 187 Å². The maximum Gasteiger partial charge on any atom is 0.306 e. The standard InChI is InChI=1S/C23H27FN2O5S/c1-16(27)25-21-10-12-22(13-11-21)32(30,31)26(15-18-4-8-20(24)9-5-18)14-17-2-6-19(7-3-17)23(28)29/h4-5,8-13,17,19H,2-3,6-7,14-15H2,1H3,(H,25,27)(H,28,29). The van der Waals surface area contributed by atoms with Crippen molar-refractivity contribution >= 4 is 27.6 Å². The number of nitrogens with one attached hydrogen (secondary N) is 1. The number of aliphatic carboxylic acids is 1. The summed E-state index contributed by atoms with van der Waals surface area (Å²) in [5.74, 6) is -1.80. The molecule has 2 N–H and O–H groups in total. The molecule has 0 heterocycles. The van der Waals surface area contributed by atoms with E-state index in [2.05, 4.69) is 5.32 Å². The van der Waals surface area contributed by atoms with E-state index in [-0.39, 0.29) is 35.7 Å². The molecule has 2 aromatic carbocycles. The molecular formula is C23H27FN2O5S.